The van der Waals surface area contributed by atoms with Crippen molar-refractivity contribution < 1.29 is 13.2 Å². The highest BCUT2D eigenvalue weighted by Gasteiger charge is 2.29. The number of benzene rings is 2. The maximum atomic E-state index is 12.6. The molecular formula is C18H21ClN2O3S. The van der Waals surface area contributed by atoms with Gasteiger partial charge in [-0.05, 0) is 68.3 Å². The number of nitrogens with zero attached hydrogens (tertiary/aromatic N) is 1. The van der Waals surface area contributed by atoms with Crippen molar-refractivity contribution in [3.05, 3.63) is 58.6 Å². The van der Waals surface area contributed by atoms with Crippen molar-refractivity contribution >= 4 is 38.9 Å². The van der Waals surface area contributed by atoms with Crippen molar-refractivity contribution in [3.8, 4) is 0 Å². The van der Waals surface area contributed by atoms with Gasteiger partial charge in [-0.3, -0.25) is 9.10 Å². The zero-order valence-corrected chi connectivity index (χ0v) is 16.1. The molecule has 0 bridgehead atoms. The van der Waals surface area contributed by atoms with Gasteiger partial charge in [0.2, 0.25) is 15.9 Å². The zero-order chi connectivity index (χ0) is 18.8. The van der Waals surface area contributed by atoms with Crippen LogP contribution < -0.4 is 9.62 Å². The molecule has 0 unspecified atom stereocenters. The van der Waals surface area contributed by atoms with Crippen LogP contribution in [0.4, 0.5) is 11.4 Å². The maximum Gasteiger partial charge on any atom is 0.247 e. The van der Waals surface area contributed by atoms with Crippen molar-refractivity contribution in [1.29, 1.82) is 0 Å². The van der Waals surface area contributed by atoms with E-state index < -0.39 is 22.0 Å². The number of carbonyl (C=O) groups is 1. The standard InChI is InChI=1S/C18H21ClN2O3S/c1-12-9-13(2)11-17(10-12)21(25(4,23)24)14(3)18(22)20-16-7-5-15(19)6-8-16/h5-11,14H,1-4H3,(H,20,22)/t14-/m1/s1. The summed E-state index contributed by atoms with van der Waals surface area (Å²) in [5.74, 6) is -0.424. The highest BCUT2D eigenvalue weighted by atomic mass is 35.5. The lowest BCUT2D eigenvalue weighted by atomic mass is 10.1. The number of carbonyl (C=O) groups excluding carboxylic acids is 1. The monoisotopic (exact) mass is 380 g/mol. The molecule has 0 fully saturated rings. The van der Waals surface area contributed by atoms with Gasteiger partial charge in [0.05, 0.1) is 11.9 Å². The molecule has 0 radical (unpaired) electrons. The molecular weight excluding hydrogens is 360 g/mol. The second kappa shape index (κ2) is 7.45. The molecule has 0 heterocycles. The smallest absolute Gasteiger partial charge is 0.247 e. The lowest BCUT2D eigenvalue weighted by molar-refractivity contribution is -0.116. The topological polar surface area (TPSA) is 66.5 Å². The van der Waals surface area contributed by atoms with E-state index >= 15 is 0 Å². The lowest BCUT2D eigenvalue weighted by Crippen LogP contribution is -2.45. The van der Waals surface area contributed by atoms with Crippen LogP contribution in [0.1, 0.15) is 18.1 Å². The van der Waals surface area contributed by atoms with Crippen molar-refractivity contribution in [3.63, 3.8) is 0 Å². The van der Waals surface area contributed by atoms with E-state index in [1.54, 1.807) is 43.3 Å². The summed E-state index contributed by atoms with van der Waals surface area (Å²) in [4.78, 5) is 12.6. The minimum Gasteiger partial charge on any atom is -0.324 e. The van der Waals surface area contributed by atoms with Crippen LogP contribution in [-0.4, -0.2) is 26.6 Å². The number of amides is 1. The Kier molecular flexibility index (Phi) is 5.75. The average molecular weight is 381 g/mol. The number of halogens is 1. The number of hydrogen-bond acceptors (Lipinski definition) is 3. The summed E-state index contributed by atoms with van der Waals surface area (Å²) in [5.41, 5.74) is 2.87. The summed E-state index contributed by atoms with van der Waals surface area (Å²) in [6, 6.07) is 11.2. The predicted molar refractivity (Wildman–Crippen MR) is 103 cm³/mol. The fourth-order valence-corrected chi connectivity index (χ4v) is 3.95. The average Bonchev–Trinajstić information content (AvgIpc) is 2.47. The molecule has 25 heavy (non-hydrogen) atoms. The Balaban J connectivity index is 2.34. The number of rotatable bonds is 5. The van der Waals surface area contributed by atoms with Crippen LogP contribution >= 0.6 is 11.6 Å². The highest BCUT2D eigenvalue weighted by Crippen LogP contribution is 2.24. The van der Waals surface area contributed by atoms with Gasteiger partial charge < -0.3 is 5.32 Å². The van der Waals surface area contributed by atoms with Crippen LogP contribution in [-0.2, 0) is 14.8 Å². The summed E-state index contributed by atoms with van der Waals surface area (Å²) >= 11 is 5.83. The minimum atomic E-state index is -3.64. The van der Waals surface area contributed by atoms with E-state index in [2.05, 4.69) is 5.32 Å². The molecule has 0 saturated carbocycles. The van der Waals surface area contributed by atoms with Gasteiger partial charge in [-0.25, -0.2) is 8.42 Å². The molecule has 2 aromatic carbocycles. The molecule has 2 aromatic rings. The Labute approximate surface area is 153 Å². The van der Waals surface area contributed by atoms with E-state index in [1.807, 2.05) is 19.9 Å². The molecule has 1 amide bonds. The quantitative estimate of drug-likeness (QED) is 0.858. The van der Waals surface area contributed by atoms with E-state index in [-0.39, 0.29) is 0 Å². The Bertz CT molecular complexity index is 859. The van der Waals surface area contributed by atoms with Crippen molar-refractivity contribution in [2.24, 2.45) is 0 Å². The Morgan fingerprint density at radius 3 is 2.08 bits per heavy atom. The molecule has 0 saturated heterocycles. The fourth-order valence-electron chi connectivity index (χ4n) is 2.67. The first-order chi connectivity index (χ1) is 11.6. The Morgan fingerprint density at radius 1 is 1.08 bits per heavy atom. The summed E-state index contributed by atoms with van der Waals surface area (Å²) in [7, 11) is -3.64. The number of nitrogens with one attached hydrogen (secondary N) is 1. The van der Waals surface area contributed by atoms with E-state index in [9.17, 15) is 13.2 Å². The van der Waals surface area contributed by atoms with Crippen LogP contribution in [0.25, 0.3) is 0 Å². The SMILES string of the molecule is Cc1cc(C)cc(N([C@H](C)C(=O)Nc2ccc(Cl)cc2)S(C)(=O)=O)c1. The molecule has 0 aromatic heterocycles. The van der Waals surface area contributed by atoms with Crippen molar-refractivity contribution in [2.75, 3.05) is 15.9 Å². The normalized spacial score (nSPS) is 12.5. The van der Waals surface area contributed by atoms with Gasteiger partial charge >= 0.3 is 0 Å². The number of sulfonamides is 1. The third-order valence-corrected chi connectivity index (χ3v) is 5.15. The first-order valence-corrected chi connectivity index (χ1v) is 9.94. The van der Waals surface area contributed by atoms with Gasteiger partial charge in [0.25, 0.3) is 0 Å². The molecule has 5 nitrogen and oxygen atoms in total. The Hall–Kier alpha value is -2.05. The summed E-state index contributed by atoms with van der Waals surface area (Å²) in [5, 5.41) is 3.27. The maximum absolute atomic E-state index is 12.6. The summed E-state index contributed by atoms with van der Waals surface area (Å²) < 4.78 is 25.8. The summed E-state index contributed by atoms with van der Waals surface area (Å²) in [6.07, 6.45) is 1.09. The third-order valence-electron chi connectivity index (χ3n) is 3.66. The van der Waals surface area contributed by atoms with Crippen molar-refractivity contribution in [2.45, 2.75) is 26.8 Å². The van der Waals surface area contributed by atoms with Crippen LogP contribution in [0.15, 0.2) is 42.5 Å². The van der Waals surface area contributed by atoms with Gasteiger partial charge in [0.1, 0.15) is 6.04 Å². The molecule has 7 heteroatoms. The number of aryl methyl sites for hydroxylation is 2. The van der Waals surface area contributed by atoms with Crippen LogP contribution in [0.2, 0.25) is 5.02 Å². The van der Waals surface area contributed by atoms with E-state index in [0.717, 1.165) is 21.7 Å². The molecule has 0 aliphatic heterocycles. The molecule has 1 atom stereocenters. The van der Waals surface area contributed by atoms with Crippen molar-refractivity contribution in [1.82, 2.24) is 0 Å². The molecule has 0 aliphatic carbocycles. The van der Waals surface area contributed by atoms with Crippen LogP contribution in [0.3, 0.4) is 0 Å². The first kappa shape index (κ1) is 19.3. The molecule has 1 N–H and O–H groups in total. The lowest BCUT2D eigenvalue weighted by Gasteiger charge is -2.28. The summed E-state index contributed by atoms with van der Waals surface area (Å²) in [6.45, 7) is 5.33. The number of hydrogen-bond donors (Lipinski definition) is 1. The predicted octanol–water partition coefficient (Wildman–Crippen LogP) is 3.75. The van der Waals surface area contributed by atoms with E-state index in [1.165, 1.54) is 0 Å². The Morgan fingerprint density at radius 2 is 1.60 bits per heavy atom. The first-order valence-electron chi connectivity index (χ1n) is 7.72. The van der Waals surface area contributed by atoms with Gasteiger partial charge in [-0.15, -0.1) is 0 Å². The van der Waals surface area contributed by atoms with Crippen LogP contribution in [0.5, 0.6) is 0 Å². The van der Waals surface area contributed by atoms with Gasteiger partial charge in [-0.1, -0.05) is 17.7 Å². The molecule has 0 spiro atoms. The molecule has 0 aliphatic rings. The third kappa shape index (κ3) is 4.96. The second-order valence-corrected chi connectivity index (χ2v) is 8.37. The van der Waals surface area contributed by atoms with E-state index in [4.69, 9.17) is 11.6 Å². The van der Waals surface area contributed by atoms with E-state index in [0.29, 0.717) is 16.4 Å². The van der Waals surface area contributed by atoms with Gasteiger partial charge in [0.15, 0.2) is 0 Å². The van der Waals surface area contributed by atoms with Crippen LogP contribution in [0, 0.1) is 13.8 Å². The van der Waals surface area contributed by atoms with Gasteiger partial charge in [-0.2, -0.15) is 0 Å². The minimum absolute atomic E-state index is 0.424. The second-order valence-electron chi connectivity index (χ2n) is 6.08. The highest BCUT2D eigenvalue weighted by molar-refractivity contribution is 7.92. The molecule has 2 rings (SSSR count). The molecule has 134 valence electrons. The zero-order valence-electron chi connectivity index (χ0n) is 14.6. The largest absolute Gasteiger partial charge is 0.324 e. The fraction of sp³-hybridized carbons (Fsp3) is 0.278. The van der Waals surface area contributed by atoms with Gasteiger partial charge in [0, 0.05) is 10.7 Å². The number of anilines is 2.